The Labute approximate surface area is 141 Å². The number of para-hydroxylation sites is 1. The highest BCUT2D eigenvalue weighted by Gasteiger charge is 2.35. The third-order valence-electron chi connectivity index (χ3n) is 3.96. The van der Waals surface area contributed by atoms with E-state index in [0.717, 1.165) is 5.56 Å². The maximum Gasteiger partial charge on any atom is 0.223 e. The van der Waals surface area contributed by atoms with Gasteiger partial charge in [0.1, 0.15) is 11.4 Å². The van der Waals surface area contributed by atoms with E-state index in [1.165, 1.54) is 11.8 Å². The molecule has 1 fully saturated rings. The van der Waals surface area contributed by atoms with Gasteiger partial charge in [-0.05, 0) is 6.07 Å². The molecule has 2 N–H and O–H groups in total. The van der Waals surface area contributed by atoms with Gasteiger partial charge in [-0.25, -0.2) is 0 Å². The highest BCUT2D eigenvalue weighted by atomic mass is 16.5. The molecule has 7 heteroatoms. The Morgan fingerprint density at radius 2 is 2.17 bits per heavy atom. The third-order valence-corrected chi connectivity index (χ3v) is 3.96. The number of nitrogens with one attached hydrogen (secondary N) is 1. The van der Waals surface area contributed by atoms with Crippen LogP contribution < -0.4 is 10.1 Å². The topological polar surface area (TPSA) is 88.1 Å². The predicted octanol–water partition coefficient (Wildman–Crippen LogP) is 0.311. The number of aliphatic hydroxyl groups is 1. The molecule has 0 aromatic heterocycles. The van der Waals surface area contributed by atoms with Gasteiger partial charge in [-0.2, -0.15) is 0 Å². The molecule has 0 bridgehead atoms. The number of methoxy groups -OCH3 is 1. The van der Waals surface area contributed by atoms with E-state index in [1.807, 2.05) is 24.3 Å². The van der Waals surface area contributed by atoms with E-state index in [2.05, 4.69) is 5.32 Å². The van der Waals surface area contributed by atoms with Crippen molar-refractivity contribution < 1.29 is 24.2 Å². The van der Waals surface area contributed by atoms with Crippen molar-refractivity contribution in [1.29, 1.82) is 0 Å². The second-order valence-electron chi connectivity index (χ2n) is 5.98. The molecular formula is C17H24N2O5. The molecule has 2 amide bonds. The quantitative estimate of drug-likeness (QED) is 0.808. The molecule has 0 spiro atoms. The number of carbonyl (C=O) groups excluding carboxylic acids is 2. The van der Waals surface area contributed by atoms with E-state index >= 15 is 0 Å². The van der Waals surface area contributed by atoms with Gasteiger partial charge in [-0.15, -0.1) is 0 Å². The summed E-state index contributed by atoms with van der Waals surface area (Å²) in [6, 6.07) is 7.40. The molecule has 1 aromatic rings. The predicted molar refractivity (Wildman–Crippen MR) is 87.5 cm³/mol. The zero-order chi connectivity index (χ0) is 17.6. The standard InChI is InChI=1S/C17H24N2O5/c1-13(20)19-7-8-24-12-17(22,11-19)9-16(21)18-10-14-5-3-4-6-15(14)23-2/h3-6,22H,7-12H2,1-2H3,(H,18,21)/t17-/m0/s1. The average molecular weight is 336 g/mol. The van der Waals surface area contributed by atoms with E-state index in [4.69, 9.17) is 9.47 Å². The van der Waals surface area contributed by atoms with Crippen LogP contribution in [0.3, 0.4) is 0 Å². The maximum absolute atomic E-state index is 12.2. The minimum Gasteiger partial charge on any atom is -0.496 e. The molecule has 1 aromatic carbocycles. The summed E-state index contributed by atoms with van der Waals surface area (Å²) in [5, 5.41) is 13.4. The van der Waals surface area contributed by atoms with Gasteiger partial charge in [0.2, 0.25) is 11.8 Å². The Morgan fingerprint density at radius 3 is 2.88 bits per heavy atom. The lowest BCUT2D eigenvalue weighted by atomic mass is 9.99. The first-order chi connectivity index (χ1) is 11.4. The summed E-state index contributed by atoms with van der Waals surface area (Å²) in [5.74, 6) is 0.239. The summed E-state index contributed by atoms with van der Waals surface area (Å²) in [5.41, 5.74) is -0.532. The van der Waals surface area contributed by atoms with E-state index in [-0.39, 0.29) is 31.4 Å². The van der Waals surface area contributed by atoms with Crippen LogP contribution in [0.15, 0.2) is 24.3 Å². The first-order valence-electron chi connectivity index (χ1n) is 7.88. The molecule has 1 saturated heterocycles. The SMILES string of the molecule is COc1ccccc1CNC(=O)C[C@@]1(O)COCCN(C(C)=O)C1. The van der Waals surface area contributed by atoms with E-state index in [0.29, 0.717) is 25.4 Å². The fraction of sp³-hybridized carbons (Fsp3) is 0.529. The summed E-state index contributed by atoms with van der Waals surface area (Å²) in [4.78, 5) is 25.3. The number of carbonyl (C=O) groups is 2. The first-order valence-corrected chi connectivity index (χ1v) is 7.88. The fourth-order valence-electron chi connectivity index (χ4n) is 2.70. The van der Waals surface area contributed by atoms with Gasteiger partial charge in [0.25, 0.3) is 0 Å². The molecule has 132 valence electrons. The lowest BCUT2D eigenvalue weighted by Crippen LogP contribution is -2.48. The van der Waals surface area contributed by atoms with Crippen molar-refractivity contribution in [2.45, 2.75) is 25.5 Å². The van der Waals surface area contributed by atoms with Crippen molar-refractivity contribution in [3.8, 4) is 5.75 Å². The summed E-state index contributed by atoms with van der Waals surface area (Å²) in [6.45, 7) is 2.62. The first kappa shape index (κ1) is 18.2. The van der Waals surface area contributed by atoms with Crippen LogP contribution in [0.4, 0.5) is 0 Å². The van der Waals surface area contributed by atoms with Crippen molar-refractivity contribution in [3.63, 3.8) is 0 Å². The van der Waals surface area contributed by atoms with E-state index in [1.54, 1.807) is 7.11 Å². The van der Waals surface area contributed by atoms with Crippen molar-refractivity contribution in [2.75, 3.05) is 33.4 Å². The van der Waals surface area contributed by atoms with Crippen LogP contribution in [0, 0.1) is 0 Å². The minimum atomic E-state index is -1.38. The zero-order valence-electron chi connectivity index (χ0n) is 14.1. The van der Waals surface area contributed by atoms with Crippen LogP contribution in [0.1, 0.15) is 18.9 Å². The Balaban J connectivity index is 1.94. The molecule has 0 saturated carbocycles. The molecule has 0 unspecified atom stereocenters. The van der Waals surface area contributed by atoms with Crippen LogP contribution in [0.2, 0.25) is 0 Å². The Morgan fingerprint density at radius 1 is 1.42 bits per heavy atom. The number of benzene rings is 1. The summed E-state index contributed by atoms with van der Waals surface area (Å²) < 4.78 is 10.6. The van der Waals surface area contributed by atoms with Crippen molar-refractivity contribution in [1.82, 2.24) is 10.2 Å². The summed E-state index contributed by atoms with van der Waals surface area (Å²) in [7, 11) is 1.57. The summed E-state index contributed by atoms with van der Waals surface area (Å²) in [6.07, 6.45) is -0.133. The molecule has 1 aliphatic heterocycles. The van der Waals surface area contributed by atoms with Crippen LogP contribution in [-0.4, -0.2) is 60.8 Å². The van der Waals surface area contributed by atoms with Gasteiger partial charge in [0, 0.05) is 25.6 Å². The van der Waals surface area contributed by atoms with E-state index in [9.17, 15) is 14.7 Å². The monoisotopic (exact) mass is 336 g/mol. The number of ether oxygens (including phenoxy) is 2. The smallest absolute Gasteiger partial charge is 0.223 e. The second-order valence-corrected chi connectivity index (χ2v) is 5.98. The third kappa shape index (κ3) is 4.94. The van der Waals surface area contributed by atoms with Gasteiger partial charge < -0.3 is 24.8 Å². The largest absolute Gasteiger partial charge is 0.496 e. The second kappa shape index (κ2) is 8.12. The molecule has 1 atom stereocenters. The lowest BCUT2D eigenvalue weighted by molar-refractivity contribution is -0.136. The van der Waals surface area contributed by atoms with Gasteiger partial charge in [-0.1, -0.05) is 18.2 Å². The van der Waals surface area contributed by atoms with Crippen LogP contribution in [0.25, 0.3) is 0 Å². The number of hydrogen-bond acceptors (Lipinski definition) is 5. The van der Waals surface area contributed by atoms with E-state index < -0.39 is 5.60 Å². The Hall–Kier alpha value is -2.12. The van der Waals surface area contributed by atoms with Crippen LogP contribution in [0.5, 0.6) is 5.75 Å². The Kier molecular flexibility index (Phi) is 6.16. The minimum absolute atomic E-state index is 0.0266. The molecular weight excluding hydrogens is 312 g/mol. The number of nitrogens with zero attached hydrogens (tertiary/aromatic N) is 1. The van der Waals surface area contributed by atoms with Gasteiger partial charge in [0.05, 0.1) is 33.3 Å². The van der Waals surface area contributed by atoms with Crippen LogP contribution in [-0.2, 0) is 20.9 Å². The van der Waals surface area contributed by atoms with Gasteiger partial charge in [-0.3, -0.25) is 9.59 Å². The fourth-order valence-corrected chi connectivity index (χ4v) is 2.70. The number of rotatable bonds is 5. The molecule has 1 heterocycles. The van der Waals surface area contributed by atoms with Crippen LogP contribution >= 0.6 is 0 Å². The molecule has 7 nitrogen and oxygen atoms in total. The average Bonchev–Trinajstić information content (AvgIpc) is 2.75. The molecule has 1 aliphatic rings. The molecule has 2 rings (SSSR count). The highest BCUT2D eigenvalue weighted by Crippen LogP contribution is 2.19. The van der Waals surface area contributed by atoms with Crippen molar-refractivity contribution in [3.05, 3.63) is 29.8 Å². The molecule has 24 heavy (non-hydrogen) atoms. The maximum atomic E-state index is 12.2. The zero-order valence-corrected chi connectivity index (χ0v) is 14.1. The summed E-state index contributed by atoms with van der Waals surface area (Å²) >= 11 is 0. The van der Waals surface area contributed by atoms with Crippen molar-refractivity contribution in [2.24, 2.45) is 0 Å². The molecule has 0 radical (unpaired) electrons. The molecule has 0 aliphatic carbocycles. The highest BCUT2D eigenvalue weighted by molar-refractivity contribution is 5.77. The number of hydrogen-bond donors (Lipinski definition) is 2. The number of β-amino-alcohol motifs (C(OH)–C–C–N with tert-alkyl or cyclic N) is 1. The lowest BCUT2D eigenvalue weighted by Gasteiger charge is -2.29. The van der Waals surface area contributed by atoms with Gasteiger partial charge in [0.15, 0.2) is 0 Å². The number of amides is 2. The Bertz CT molecular complexity index is 592. The normalized spacial score (nSPS) is 21.0. The van der Waals surface area contributed by atoms with Gasteiger partial charge >= 0.3 is 0 Å². The van der Waals surface area contributed by atoms with Crippen molar-refractivity contribution >= 4 is 11.8 Å².